The van der Waals surface area contributed by atoms with Crippen LogP contribution in [0.2, 0.25) is 0 Å². The van der Waals surface area contributed by atoms with Gasteiger partial charge in [-0.15, -0.1) is 0 Å². The van der Waals surface area contributed by atoms with E-state index in [4.69, 9.17) is 19.2 Å². The van der Waals surface area contributed by atoms with Crippen molar-refractivity contribution >= 4 is 17.4 Å². The SMILES string of the molecule is C=CC(=O)N1CC(N2CCO[C@@H](c3cc(C)c4c(c3)Nc3nccc(C5CCOCC5)c3CO4)CC2)C1. The number of aryl methyl sites for hydroxylation is 1. The third kappa shape index (κ3) is 4.85. The second-order valence-electron chi connectivity index (χ2n) is 10.5. The fraction of sp³-hybridized carbons (Fsp3) is 0.517. The maximum Gasteiger partial charge on any atom is 0.246 e. The molecule has 1 aromatic carbocycles. The summed E-state index contributed by atoms with van der Waals surface area (Å²) in [5.74, 6) is 2.27. The van der Waals surface area contributed by atoms with Gasteiger partial charge in [0.1, 0.15) is 18.2 Å². The normalized spacial score (nSPS) is 22.9. The number of amides is 1. The lowest BCUT2D eigenvalue weighted by Crippen LogP contribution is -2.61. The topological polar surface area (TPSA) is 76.2 Å². The molecule has 8 nitrogen and oxygen atoms in total. The van der Waals surface area contributed by atoms with E-state index in [1.54, 1.807) is 0 Å². The van der Waals surface area contributed by atoms with Gasteiger partial charge in [0.15, 0.2) is 0 Å². The zero-order valence-corrected chi connectivity index (χ0v) is 21.6. The predicted molar refractivity (Wildman–Crippen MR) is 141 cm³/mol. The summed E-state index contributed by atoms with van der Waals surface area (Å²) in [6, 6.07) is 6.93. The molecule has 1 atom stereocenters. The van der Waals surface area contributed by atoms with Crippen molar-refractivity contribution in [2.75, 3.05) is 51.3 Å². The minimum absolute atomic E-state index is 0.0195. The Morgan fingerprint density at radius 3 is 2.81 bits per heavy atom. The van der Waals surface area contributed by atoms with Gasteiger partial charge in [0.2, 0.25) is 5.91 Å². The van der Waals surface area contributed by atoms with Gasteiger partial charge in [-0.25, -0.2) is 4.98 Å². The quantitative estimate of drug-likeness (QED) is 0.629. The van der Waals surface area contributed by atoms with E-state index in [2.05, 4.69) is 41.9 Å². The number of likely N-dealkylation sites (tertiary alicyclic amines) is 1. The molecule has 4 aliphatic rings. The minimum atomic E-state index is 0.0195. The molecule has 1 amide bonds. The number of nitrogens with zero attached hydrogens (tertiary/aromatic N) is 3. The van der Waals surface area contributed by atoms with Crippen LogP contribution in [0.5, 0.6) is 5.75 Å². The molecule has 0 aliphatic carbocycles. The number of anilines is 2. The van der Waals surface area contributed by atoms with Crippen molar-refractivity contribution in [3.05, 3.63) is 59.3 Å². The van der Waals surface area contributed by atoms with Crippen molar-refractivity contribution in [2.24, 2.45) is 0 Å². The molecule has 0 saturated carbocycles. The Morgan fingerprint density at radius 1 is 1.16 bits per heavy atom. The molecule has 1 aromatic heterocycles. The Hall–Kier alpha value is -2.94. The highest BCUT2D eigenvalue weighted by Crippen LogP contribution is 2.41. The third-order valence-corrected chi connectivity index (χ3v) is 8.28. The van der Waals surface area contributed by atoms with Gasteiger partial charge >= 0.3 is 0 Å². The van der Waals surface area contributed by atoms with Crippen molar-refractivity contribution in [3.8, 4) is 5.75 Å². The van der Waals surface area contributed by atoms with E-state index in [-0.39, 0.29) is 12.0 Å². The average Bonchev–Trinajstić information content (AvgIpc) is 3.25. The molecule has 3 saturated heterocycles. The number of hydrogen-bond donors (Lipinski definition) is 1. The van der Waals surface area contributed by atoms with Crippen LogP contribution in [0.3, 0.4) is 0 Å². The maximum atomic E-state index is 11.8. The van der Waals surface area contributed by atoms with Crippen LogP contribution in [0.25, 0.3) is 0 Å². The zero-order chi connectivity index (χ0) is 25.4. The highest BCUT2D eigenvalue weighted by molar-refractivity contribution is 5.87. The van der Waals surface area contributed by atoms with Gasteiger partial charge in [-0.1, -0.05) is 6.58 Å². The molecule has 2 aromatic rings. The Kier molecular flexibility index (Phi) is 6.88. The van der Waals surface area contributed by atoms with Crippen LogP contribution >= 0.6 is 0 Å². The number of carbonyl (C=O) groups is 1. The number of ether oxygens (including phenoxy) is 3. The smallest absolute Gasteiger partial charge is 0.246 e. The molecule has 8 heteroatoms. The highest BCUT2D eigenvalue weighted by atomic mass is 16.5. The van der Waals surface area contributed by atoms with Crippen molar-refractivity contribution in [2.45, 2.75) is 50.9 Å². The van der Waals surface area contributed by atoms with Crippen LogP contribution in [0.1, 0.15) is 53.5 Å². The molecule has 1 N–H and O–H groups in total. The second kappa shape index (κ2) is 10.4. The minimum Gasteiger partial charge on any atom is -0.486 e. The molecule has 0 spiro atoms. The molecule has 5 heterocycles. The van der Waals surface area contributed by atoms with Gasteiger partial charge in [-0.05, 0) is 73.1 Å². The fourth-order valence-electron chi connectivity index (χ4n) is 6.12. The van der Waals surface area contributed by atoms with E-state index in [0.29, 0.717) is 25.2 Å². The van der Waals surface area contributed by atoms with Crippen LogP contribution in [-0.2, 0) is 20.9 Å². The number of aromatic nitrogens is 1. The van der Waals surface area contributed by atoms with E-state index in [0.717, 1.165) is 92.6 Å². The molecule has 3 fully saturated rings. The molecule has 37 heavy (non-hydrogen) atoms. The number of nitrogens with one attached hydrogen (secondary N) is 1. The van der Waals surface area contributed by atoms with Crippen molar-refractivity contribution in [1.29, 1.82) is 0 Å². The molecule has 196 valence electrons. The summed E-state index contributed by atoms with van der Waals surface area (Å²) in [5, 5.41) is 3.61. The van der Waals surface area contributed by atoms with Crippen molar-refractivity contribution in [1.82, 2.24) is 14.8 Å². The maximum absolute atomic E-state index is 11.8. The van der Waals surface area contributed by atoms with Crippen LogP contribution in [-0.4, -0.2) is 72.7 Å². The average molecular weight is 505 g/mol. The first-order chi connectivity index (χ1) is 18.1. The van der Waals surface area contributed by atoms with Crippen LogP contribution in [0.4, 0.5) is 11.5 Å². The molecule has 4 aliphatic heterocycles. The standard InChI is InChI=1S/C29H36N4O4/c1-3-27(34)33-16-22(17-33)32-9-5-26(36-13-10-32)21-14-19(2)28-25(15-21)31-29-24(18-37-28)23(4-8-30-29)20-6-11-35-12-7-20/h3-4,8,14-15,20,22,26H,1,5-7,9-13,16-18H2,2H3,(H,30,31)/t26-/m1/s1. The summed E-state index contributed by atoms with van der Waals surface area (Å²) in [4.78, 5) is 20.8. The molecular weight excluding hydrogens is 468 g/mol. The van der Waals surface area contributed by atoms with E-state index >= 15 is 0 Å². The number of hydrogen-bond acceptors (Lipinski definition) is 7. The Bertz CT molecular complexity index is 1170. The fourth-order valence-corrected chi connectivity index (χ4v) is 6.12. The lowest BCUT2D eigenvalue weighted by Gasteiger charge is -2.44. The van der Waals surface area contributed by atoms with E-state index in [1.807, 2.05) is 11.1 Å². The Labute approximate surface area is 218 Å². The lowest BCUT2D eigenvalue weighted by molar-refractivity contribution is -0.133. The van der Waals surface area contributed by atoms with E-state index in [1.165, 1.54) is 11.6 Å². The first kappa shape index (κ1) is 24.4. The first-order valence-electron chi connectivity index (χ1n) is 13.5. The van der Waals surface area contributed by atoms with Crippen molar-refractivity contribution in [3.63, 3.8) is 0 Å². The van der Waals surface area contributed by atoms with Crippen LogP contribution in [0.15, 0.2) is 37.1 Å². The largest absolute Gasteiger partial charge is 0.486 e. The van der Waals surface area contributed by atoms with Gasteiger partial charge in [0.05, 0.1) is 18.4 Å². The predicted octanol–water partition coefficient (Wildman–Crippen LogP) is 4.08. The van der Waals surface area contributed by atoms with Gasteiger partial charge in [-0.2, -0.15) is 0 Å². The van der Waals surface area contributed by atoms with Crippen molar-refractivity contribution < 1.29 is 19.0 Å². The Morgan fingerprint density at radius 2 is 2.00 bits per heavy atom. The molecule has 0 unspecified atom stereocenters. The van der Waals surface area contributed by atoms with Gasteiger partial charge in [-0.3, -0.25) is 9.69 Å². The van der Waals surface area contributed by atoms with Crippen LogP contribution in [0, 0.1) is 6.92 Å². The van der Waals surface area contributed by atoms with E-state index in [9.17, 15) is 4.79 Å². The van der Waals surface area contributed by atoms with Gasteiger partial charge < -0.3 is 24.4 Å². The number of carbonyl (C=O) groups excluding carboxylic acids is 1. The monoisotopic (exact) mass is 504 g/mol. The number of fused-ring (bicyclic) bond motifs is 2. The molecule has 0 radical (unpaired) electrons. The Balaban J connectivity index is 1.18. The third-order valence-electron chi connectivity index (χ3n) is 8.28. The summed E-state index contributed by atoms with van der Waals surface area (Å²) in [6.07, 6.45) is 6.30. The number of benzene rings is 1. The molecule has 6 rings (SSSR count). The lowest BCUT2D eigenvalue weighted by atomic mass is 9.89. The summed E-state index contributed by atoms with van der Waals surface area (Å²) >= 11 is 0. The number of pyridine rings is 1. The van der Waals surface area contributed by atoms with Crippen LogP contribution < -0.4 is 10.1 Å². The van der Waals surface area contributed by atoms with Gasteiger partial charge in [0.25, 0.3) is 0 Å². The molecule has 0 bridgehead atoms. The summed E-state index contributed by atoms with van der Waals surface area (Å²) < 4.78 is 18.3. The summed E-state index contributed by atoms with van der Waals surface area (Å²) in [5.41, 5.74) is 5.69. The second-order valence-corrected chi connectivity index (χ2v) is 10.5. The summed E-state index contributed by atoms with van der Waals surface area (Å²) in [6.45, 7) is 11.9. The van der Waals surface area contributed by atoms with Gasteiger partial charge in [0, 0.05) is 57.2 Å². The molecular formula is C29H36N4O4. The number of rotatable bonds is 4. The van der Waals surface area contributed by atoms with E-state index < -0.39 is 0 Å². The highest BCUT2D eigenvalue weighted by Gasteiger charge is 2.35. The zero-order valence-electron chi connectivity index (χ0n) is 21.6. The first-order valence-corrected chi connectivity index (χ1v) is 13.5. The summed E-state index contributed by atoms with van der Waals surface area (Å²) in [7, 11) is 0.